The monoisotopic (exact) mass is 319 g/mol. The minimum atomic E-state index is -0.414. The third kappa shape index (κ3) is 3.81. The van der Waals surface area contributed by atoms with Gasteiger partial charge in [0, 0.05) is 6.54 Å². The van der Waals surface area contributed by atoms with Crippen LogP contribution in [0.15, 0.2) is 29.4 Å². The van der Waals surface area contributed by atoms with Gasteiger partial charge in [0.25, 0.3) is 0 Å². The number of aliphatic hydroxyl groups excluding tert-OH is 1. The second kappa shape index (κ2) is 7.15. The normalized spacial score (nSPS) is 17.0. The number of aromatic amines is 1. The smallest absolute Gasteiger partial charge is 0.230 e. The topological polar surface area (TPSA) is 78.0 Å². The first-order valence-electron chi connectivity index (χ1n) is 7.74. The second-order valence-electron chi connectivity index (χ2n) is 5.76. The maximum atomic E-state index is 11.9. The van der Waals surface area contributed by atoms with Crippen LogP contribution in [0, 0.1) is 5.92 Å². The first-order valence-corrected chi connectivity index (χ1v) is 8.73. The van der Waals surface area contributed by atoms with Crippen molar-refractivity contribution in [1.82, 2.24) is 15.3 Å². The quantitative estimate of drug-likeness (QED) is 0.714. The van der Waals surface area contributed by atoms with Gasteiger partial charge in [0.05, 0.1) is 22.9 Å². The van der Waals surface area contributed by atoms with Crippen molar-refractivity contribution in [2.45, 2.75) is 36.9 Å². The number of fused-ring (bicyclic) bond motifs is 1. The summed E-state index contributed by atoms with van der Waals surface area (Å²) in [6.07, 6.45) is 4.12. The highest BCUT2D eigenvalue weighted by atomic mass is 32.2. The van der Waals surface area contributed by atoms with Crippen molar-refractivity contribution in [1.29, 1.82) is 0 Å². The fourth-order valence-corrected chi connectivity index (χ4v) is 3.62. The van der Waals surface area contributed by atoms with Crippen LogP contribution >= 0.6 is 11.8 Å². The van der Waals surface area contributed by atoms with Crippen LogP contribution < -0.4 is 5.32 Å². The molecule has 0 aliphatic heterocycles. The van der Waals surface area contributed by atoms with E-state index in [1.807, 2.05) is 24.3 Å². The van der Waals surface area contributed by atoms with E-state index in [1.165, 1.54) is 24.6 Å². The predicted octanol–water partition coefficient (Wildman–Crippen LogP) is 2.32. The summed E-state index contributed by atoms with van der Waals surface area (Å²) in [6, 6.07) is 7.79. The maximum absolute atomic E-state index is 11.9. The summed E-state index contributed by atoms with van der Waals surface area (Å²) in [7, 11) is 0. The van der Waals surface area contributed by atoms with E-state index in [0.717, 1.165) is 29.0 Å². The SMILES string of the molecule is O=C(CSc1nc2ccccc2[nH]1)NCC(O)C1CCCC1. The van der Waals surface area contributed by atoms with Crippen LogP contribution in [0.3, 0.4) is 0 Å². The zero-order valence-corrected chi connectivity index (χ0v) is 13.2. The summed E-state index contributed by atoms with van der Waals surface area (Å²) in [5, 5.41) is 13.6. The molecule has 1 fully saturated rings. The first-order chi connectivity index (χ1) is 10.7. The Morgan fingerprint density at radius 1 is 1.41 bits per heavy atom. The molecule has 22 heavy (non-hydrogen) atoms. The molecule has 3 rings (SSSR count). The van der Waals surface area contributed by atoms with Gasteiger partial charge < -0.3 is 15.4 Å². The van der Waals surface area contributed by atoms with E-state index in [2.05, 4.69) is 15.3 Å². The van der Waals surface area contributed by atoms with Crippen LogP contribution in [0.2, 0.25) is 0 Å². The highest BCUT2D eigenvalue weighted by molar-refractivity contribution is 7.99. The van der Waals surface area contributed by atoms with Crippen molar-refractivity contribution in [2.24, 2.45) is 5.92 Å². The highest BCUT2D eigenvalue weighted by Crippen LogP contribution is 2.27. The number of H-pyrrole nitrogens is 1. The molecule has 6 heteroatoms. The Kier molecular flexibility index (Phi) is 5.00. The number of hydrogen-bond acceptors (Lipinski definition) is 4. The Balaban J connectivity index is 1.43. The lowest BCUT2D eigenvalue weighted by atomic mass is 10.0. The number of aromatic nitrogens is 2. The highest BCUT2D eigenvalue weighted by Gasteiger charge is 2.23. The van der Waals surface area contributed by atoms with Crippen molar-refractivity contribution < 1.29 is 9.90 Å². The molecule has 1 atom stereocenters. The third-order valence-electron chi connectivity index (χ3n) is 4.16. The van der Waals surface area contributed by atoms with Gasteiger partial charge in [-0.05, 0) is 30.9 Å². The van der Waals surface area contributed by atoms with Crippen LogP contribution in [0.25, 0.3) is 11.0 Å². The van der Waals surface area contributed by atoms with Gasteiger partial charge in [-0.3, -0.25) is 4.79 Å². The number of carbonyl (C=O) groups is 1. The third-order valence-corrected chi connectivity index (χ3v) is 5.03. The summed E-state index contributed by atoms with van der Waals surface area (Å²) >= 11 is 1.38. The van der Waals surface area contributed by atoms with E-state index in [0.29, 0.717) is 18.2 Å². The number of thioether (sulfide) groups is 1. The Morgan fingerprint density at radius 3 is 2.95 bits per heavy atom. The average molecular weight is 319 g/mol. The number of imidazole rings is 1. The van der Waals surface area contributed by atoms with Crippen molar-refractivity contribution in [3.63, 3.8) is 0 Å². The number of amides is 1. The lowest BCUT2D eigenvalue weighted by Gasteiger charge is -2.17. The van der Waals surface area contributed by atoms with Crippen molar-refractivity contribution in [2.75, 3.05) is 12.3 Å². The number of carbonyl (C=O) groups excluding carboxylic acids is 1. The Labute approximate surface area is 133 Å². The summed E-state index contributed by atoms with van der Waals surface area (Å²) in [6.45, 7) is 0.351. The second-order valence-corrected chi connectivity index (χ2v) is 6.73. The summed E-state index contributed by atoms with van der Waals surface area (Å²) in [4.78, 5) is 19.5. The average Bonchev–Trinajstić information content (AvgIpc) is 3.19. The van der Waals surface area contributed by atoms with Gasteiger partial charge in [0.15, 0.2) is 5.16 Å². The van der Waals surface area contributed by atoms with Gasteiger partial charge in [-0.25, -0.2) is 4.98 Å². The van der Waals surface area contributed by atoms with E-state index in [-0.39, 0.29) is 5.91 Å². The fourth-order valence-electron chi connectivity index (χ4n) is 2.91. The molecule has 1 aliphatic carbocycles. The number of nitrogens with one attached hydrogen (secondary N) is 2. The molecule has 1 unspecified atom stereocenters. The van der Waals surface area contributed by atoms with Crippen LogP contribution in [-0.4, -0.2) is 39.4 Å². The van der Waals surface area contributed by atoms with Gasteiger partial charge in [-0.15, -0.1) is 0 Å². The molecule has 3 N–H and O–H groups in total. The molecule has 1 aliphatic rings. The van der Waals surface area contributed by atoms with Gasteiger partial charge in [-0.2, -0.15) is 0 Å². The van der Waals surface area contributed by atoms with E-state index < -0.39 is 6.10 Å². The molecule has 1 amide bonds. The minimum Gasteiger partial charge on any atom is -0.391 e. The number of para-hydroxylation sites is 2. The molecule has 5 nitrogen and oxygen atoms in total. The van der Waals surface area contributed by atoms with Gasteiger partial charge in [0.2, 0.25) is 5.91 Å². The lowest BCUT2D eigenvalue weighted by molar-refractivity contribution is -0.119. The molecule has 0 bridgehead atoms. The predicted molar refractivity (Wildman–Crippen MR) is 87.8 cm³/mol. The molecule has 0 spiro atoms. The zero-order valence-electron chi connectivity index (χ0n) is 12.4. The van der Waals surface area contributed by atoms with Crippen LogP contribution in [-0.2, 0) is 4.79 Å². The molecule has 1 aromatic carbocycles. The zero-order chi connectivity index (χ0) is 15.4. The van der Waals surface area contributed by atoms with E-state index in [4.69, 9.17) is 0 Å². The van der Waals surface area contributed by atoms with Crippen molar-refractivity contribution in [3.05, 3.63) is 24.3 Å². The van der Waals surface area contributed by atoms with Crippen molar-refractivity contribution in [3.8, 4) is 0 Å². The largest absolute Gasteiger partial charge is 0.391 e. The number of benzene rings is 1. The van der Waals surface area contributed by atoms with Gasteiger partial charge >= 0.3 is 0 Å². The fraction of sp³-hybridized carbons (Fsp3) is 0.500. The molecule has 1 saturated carbocycles. The summed E-state index contributed by atoms with van der Waals surface area (Å²) in [5.41, 5.74) is 1.88. The standard InChI is InChI=1S/C16H21N3O2S/c20-14(11-5-1-2-6-11)9-17-15(21)10-22-16-18-12-7-3-4-8-13(12)19-16/h3-4,7-8,11,14,20H,1-2,5-6,9-10H2,(H,17,21)(H,18,19). The van der Waals surface area contributed by atoms with Crippen LogP contribution in [0.4, 0.5) is 0 Å². The number of nitrogens with zero attached hydrogens (tertiary/aromatic N) is 1. The Hall–Kier alpha value is -1.53. The van der Waals surface area contributed by atoms with Gasteiger partial charge in [-0.1, -0.05) is 36.7 Å². The minimum absolute atomic E-state index is 0.0671. The van der Waals surface area contributed by atoms with Crippen molar-refractivity contribution >= 4 is 28.7 Å². The molecule has 1 aromatic heterocycles. The molecule has 118 valence electrons. The first kappa shape index (κ1) is 15.4. The lowest BCUT2D eigenvalue weighted by Crippen LogP contribution is -2.36. The molecular formula is C16H21N3O2S. The van der Waals surface area contributed by atoms with Crippen LogP contribution in [0.5, 0.6) is 0 Å². The summed E-state index contributed by atoms with van der Waals surface area (Å²) in [5.74, 6) is 0.586. The molecule has 0 radical (unpaired) electrons. The van der Waals surface area contributed by atoms with E-state index in [9.17, 15) is 9.90 Å². The number of rotatable bonds is 6. The van der Waals surface area contributed by atoms with E-state index >= 15 is 0 Å². The molecular weight excluding hydrogens is 298 g/mol. The maximum Gasteiger partial charge on any atom is 0.230 e. The molecule has 1 heterocycles. The Bertz CT molecular complexity index is 604. The van der Waals surface area contributed by atoms with Gasteiger partial charge in [0.1, 0.15) is 0 Å². The number of aliphatic hydroxyl groups is 1. The van der Waals surface area contributed by atoms with Crippen LogP contribution in [0.1, 0.15) is 25.7 Å². The van der Waals surface area contributed by atoms with E-state index in [1.54, 1.807) is 0 Å². The molecule has 2 aromatic rings. The number of hydrogen-bond donors (Lipinski definition) is 3. The summed E-state index contributed by atoms with van der Waals surface area (Å²) < 4.78 is 0. The Morgan fingerprint density at radius 2 is 2.18 bits per heavy atom. The molecule has 0 saturated heterocycles.